The Labute approximate surface area is 160 Å². The Morgan fingerprint density at radius 3 is 2.42 bits per heavy atom. The number of thiophene rings is 1. The highest BCUT2D eigenvalue weighted by Crippen LogP contribution is 2.49. The lowest BCUT2D eigenvalue weighted by molar-refractivity contribution is -0.119. The summed E-state index contributed by atoms with van der Waals surface area (Å²) < 4.78 is 0.503. The van der Waals surface area contributed by atoms with Crippen molar-refractivity contribution in [1.29, 1.82) is 0 Å². The van der Waals surface area contributed by atoms with Gasteiger partial charge in [-0.15, -0.1) is 11.3 Å². The number of rotatable bonds is 2. The van der Waals surface area contributed by atoms with Crippen LogP contribution in [0.3, 0.4) is 0 Å². The van der Waals surface area contributed by atoms with Gasteiger partial charge in [0.25, 0.3) is 0 Å². The monoisotopic (exact) mass is 381 g/mol. The van der Waals surface area contributed by atoms with E-state index < -0.39 is 5.41 Å². The zero-order valence-electron chi connectivity index (χ0n) is 14.3. The van der Waals surface area contributed by atoms with E-state index in [-0.39, 0.29) is 11.7 Å². The van der Waals surface area contributed by atoms with Crippen molar-refractivity contribution in [3.63, 3.8) is 0 Å². The van der Waals surface area contributed by atoms with E-state index in [1.807, 2.05) is 61.5 Å². The first-order valence-corrected chi connectivity index (χ1v) is 9.43. The molecule has 2 aromatic carbocycles. The van der Waals surface area contributed by atoms with Crippen molar-refractivity contribution in [3.8, 4) is 11.1 Å². The van der Waals surface area contributed by atoms with E-state index in [2.05, 4.69) is 5.32 Å². The van der Waals surface area contributed by atoms with Gasteiger partial charge in [0.2, 0.25) is 5.91 Å². The molecule has 1 unspecified atom stereocenters. The molecule has 2 heterocycles. The molecule has 1 aromatic heterocycles. The molecule has 4 rings (SSSR count). The Hall–Kier alpha value is -2.43. The molecule has 0 saturated carbocycles. The van der Waals surface area contributed by atoms with Crippen LogP contribution in [0.25, 0.3) is 11.1 Å². The third kappa shape index (κ3) is 2.41. The Morgan fingerprint density at radius 1 is 1.00 bits per heavy atom. The molecule has 3 nitrogen and oxygen atoms in total. The van der Waals surface area contributed by atoms with Crippen molar-refractivity contribution in [2.75, 3.05) is 5.32 Å². The Balaban J connectivity index is 1.94. The number of halogens is 1. The van der Waals surface area contributed by atoms with E-state index in [1.54, 1.807) is 6.92 Å². The van der Waals surface area contributed by atoms with E-state index in [4.69, 9.17) is 11.6 Å². The molecule has 1 atom stereocenters. The van der Waals surface area contributed by atoms with Gasteiger partial charge in [-0.2, -0.15) is 0 Å². The van der Waals surface area contributed by atoms with Gasteiger partial charge in [0.05, 0.1) is 5.56 Å². The number of carbonyl (C=O) groups excluding carboxylic acids is 2. The lowest BCUT2D eigenvalue weighted by Gasteiger charge is -2.32. The summed E-state index contributed by atoms with van der Waals surface area (Å²) >= 11 is 7.69. The summed E-state index contributed by atoms with van der Waals surface area (Å²) in [5.74, 6) is -0.540. The first-order valence-electron chi connectivity index (χ1n) is 8.24. The number of carbonyl (C=O) groups is 2. The minimum Gasteiger partial charge on any atom is -0.316 e. The lowest BCUT2D eigenvalue weighted by atomic mass is 9.72. The van der Waals surface area contributed by atoms with Crippen molar-refractivity contribution in [1.82, 2.24) is 0 Å². The number of Topliss-reactive ketones (excluding diaryl/α,β-unsaturated/α-hetero) is 1. The molecule has 1 aliphatic heterocycles. The summed E-state index contributed by atoms with van der Waals surface area (Å²) in [4.78, 5) is 26.4. The fraction of sp³-hybridized carbons (Fsp3) is 0.143. The predicted octanol–water partition coefficient (Wildman–Crippen LogP) is 5.47. The Kier molecular flexibility index (Phi) is 3.98. The molecule has 1 aliphatic rings. The van der Waals surface area contributed by atoms with Crippen LogP contribution in [0.5, 0.6) is 0 Å². The van der Waals surface area contributed by atoms with Gasteiger partial charge in [-0.3, -0.25) is 9.59 Å². The van der Waals surface area contributed by atoms with Crippen LogP contribution in [0.15, 0.2) is 54.6 Å². The number of hydrogen-bond donors (Lipinski definition) is 1. The lowest BCUT2D eigenvalue weighted by Crippen LogP contribution is -2.48. The van der Waals surface area contributed by atoms with Gasteiger partial charge in [0.1, 0.15) is 14.8 Å². The predicted molar refractivity (Wildman–Crippen MR) is 106 cm³/mol. The maximum absolute atomic E-state index is 13.6. The van der Waals surface area contributed by atoms with Gasteiger partial charge in [-0.05, 0) is 25.0 Å². The minimum atomic E-state index is -1.28. The molecule has 0 bridgehead atoms. The summed E-state index contributed by atoms with van der Waals surface area (Å²) in [6.07, 6.45) is 0. The summed E-state index contributed by atoms with van der Waals surface area (Å²) in [6, 6.07) is 17.1. The fourth-order valence-electron chi connectivity index (χ4n) is 3.37. The second-order valence-electron chi connectivity index (χ2n) is 6.60. The first kappa shape index (κ1) is 17.0. The summed E-state index contributed by atoms with van der Waals surface area (Å²) in [6.45, 7) is 3.63. The number of fused-ring (bicyclic) bond motifs is 1. The second-order valence-corrected chi connectivity index (χ2v) is 8.22. The van der Waals surface area contributed by atoms with Crippen LogP contribution in [0, 0.1) is 6.92 Å². The topological polar surface area (TPSA) is 46.2 Å². The van der Waals surface area contributed by atoms with Crippen LogP contribution in [0.1, 0.15) is 28.4 Å². The highest BCUT2D eigenvalue weighted by atomic mass is 35.5. The van der Waals surface area contributed by atoms with Gasteiger partial charge in [-0.1, -0.05) is 71.8 Å². The SMILES string of the molecule is Cc1cccc(C2(C)C(=O)Nc3sc(Cl)c(-c4ccccc4)c3C2=O)c1. The van der Waals surface area contributed by atoms with Gasteiger partial charge >= 0.3 is 0 Å². The van der Waals surface area contributed by atoms with Crippen molar-refractivity contribution in [3.05, 3.63) is 75.6 Å². The molecule has 0 spiro atoms. The fourth-order valence-corrected chi connectivity index (χ4v) is 4.75. The average molecular weight is 382 g/mol. The largest absolute Gasteiger partial charge is 0.316 e. The zero-order chi connectivity index (χ0) is 18.5. The van der Waals surface area contributed by atoms with Crippen LogP contribution in [0.2, 0.25) is 4.34 Å². The minimum absolute atomic E-state index is 0.219. The number of ketones is 1. The average Bonchev–Trinajstić information content (AvgIpc) is 2.96. The maximum atomic E-state index is 13.6. The number of nitrogens with one attached hydrogen (secondary N) is 1. The van der Waals surface area contributed by atoms with E-state index in [1.165, 1.54) is 11.3 Å². The van der Waals surface area contributed by atoms with Crippen LogP contribution < -0.4 is 5.32 Å². The molecular formula is C21H16ClNO2S. The number of amides is 1. The van der Waals surface area contributed by atoms with Crippen molar-refractivity contribution in [2.45, 2.75) is 19.3 Å². The molecule has 1 amide bonds. The Morgan fingerprint density at radius 2 is 1.73 bits per heavy atom. The smallest absolute Gasteiger partial charge is 0.243 e. The molecular weight excluding hydrogens is 366 g/mol. The molecule has 0 aliphatic carbocycles. The van der Waals surface area contributed by atoms with Crippen LogP contribution in [0.4, 0.5) is 5.00 Å². The normalized spacial score (nSPS) is 19.2. The number of anilines is 1. The van der Waals surface area contributed by atoms with Gasteiger partial charge in [0, 0.05) is 5.56 Å². The molecule has 5 heteroatoms. The van der Waals surface area contributed by atoms with Crippen molar-refractivity contribution < 1.29 is 9.59 Å². The van der Waals surface area contributed by atoms with E-state index >= 15 is 0 Å². The van der Waals surface area contributed by atoms with Crippen LogP contribution >= 0.6 is 22.9 Å². The third-order valence-electron chi connectivity index (χ3n) is 4.89. The quantitative estimate of drug-likeness (QED) is 0.598. The molecule has 130 valence electrons. The third-order valence-corrected chi connectivity index (χ3v) is 6.20. The van der Waals surface area contributed by atoms with Gasteiger partial charge < -0.3 is 5.32 Å². The van der Waals surface area contributed by atoms with E-state index in [0.717, 1.165) is 11.1 Å². The molecule has 26 heavy (non-hydrogen) atoms. The number of benzene rings is 2. The first-order chi connectivity index (χ1) is 12.4. The highest BCUT2D eigenvalue weighted by molar-refractivity contribution is 7.21. The summed E-state index contributed by atoms with van der Waals surface area (Å²) in [5.41, 5.74) is 2.46. The molecule has 3 aromatic rings. The number of hydrogen-bond acceptors (Lipinski definition) is 3. The maximum Gasteiger partial charge on any atom is 0.243 e. The van der Waals surface area contributed by atoms with Crippen molar-refractivity contribution in [2.24, 2.45) is 0 Å². The van der Waals surface area contributed by atoms with Crippen molar-refractivity contribution >= 4 is 39.6 Å². The highest BCUT2D eigenvalue weighted by Gasteiger charge is 2.49. The zero-order valence-corrected chi connectivity index (χ0v) is 15.9. The number of aryl methyl sites for hydroxylation is 1. The molecule has 0 fully saturated rings. The molecule has 1 N–H and O–H groups in total. The summed E-state index contributed by atoms with van der Waals surface area (Å²) in [5, 5.41) is 3.43. The Bertz CT molecular complexity index is 1040. The standard InChI is InChI=1S/C21H16ClNO2S/c1-12-7-6-10-14(11-12)21(2)17(24)16-15(13-8-4-3-5-9-13)18(22)26-19(16)23-20(21)25/h3-11H,1-2H3,(H,23,25). The van der Waals surface area contributed by atoms with Gasteiger partial charge in [-0.25, -0.2) is 0 Å². The molecule has 0 saturated heterocycles. The molecule has 0 radical (unpaired) electrons. The van der Waals surface area contributed by atoms with Crippen LogP contribution in [-0.4, -0.2) is 11.7 Å². The van der Waals surface area contributed by atoms with E-state index in [9.17, 15) is 9.59 Å². The summed E-state index contributed by atoms with van der Waals surface area (Å²) in [7, 11) is 0. The van der Waals surface area contributed by atoms with Crippen LogP contribution in [-0.2, 0) is 10.2 Å². The second kappa shape index (κ2) is 6.08. The van der Waals surface area contributed by atoms with E-state index in [0.29, 0.717) is 26.0 Å². The van der Waals surface area contributed by atoms with Gasteiger partial charge in [0.15, 0.2) is 5.78 Å².